The fourth-order valence-electron chi connectivity index (χ4n) is 1.21. The largest absolute Gasteiger partial charge is 0.396 e. The molecule has 0 aromatic heterocycles. The third kappa shape index (κ3) is 3.56. The predicted molar refractivity (Wildman–Crippen MR) is 68.1 cm³/mol. The average molecular weight is 298 g/mol. The van der Waals surface area contributed by atoms with Gasteiger partial charge in [-0.15, -0.1) is 0 Å². The minimum atomic E-state index is -3.65. The maximum absolute atomic E-state index is 11.9. The lowest BCUT2D eigenvalue weighted by molar-refractivity contribution is 0.289. The lowest BCUT2D eigenvalue weighted by Gasteiger charge is -2.10. The topological polar surface area (TPSA) is 66.4 Å². The number of hydrogen-bond donors (Lipinski definition) is 2. The van der Waals surface area contributed by atoms with Crippen molar-refractivity contribution >= 4 is 33.2 Å². The molecule has 0 saturated carbocycles. The van der Waals surface area contributed by atoms with Gasteiger partial charge in [-0.05, 0) is 31.0 Å². The highest BCUT2D eigenvalue weighted by molar-refractivity contribution is 7.89. The summed E-state index contributed by atoms with van der Waals surface area (Å²) >= 11 is 11.8. The SMILES string of the molecule is Cc1c(Cl)ccc(S(=O)(=O)NCCCO)c1Cl. The van der Waals surface area contributed by atoms with Crippen molar-refractivity contribution in [1.29, 1.82) is 0 Å². The highest BCUT2D eigenvalue weighted by atomic mass is 35.5. The number of aliphatic hydroxyl groups excluding tert-OH is 1. The maximum atomic E-state index is 11.9. The summed E-state index contributed by atoms with van der Waals surface area (Å²) < 4.78 is 26.1. The molecule has 0 aliphatic rings. The van der Waals surface area contributed by atoms with Gasteiger partial charge < -0.3 is 5.11 Å². The Morgan fingerprint density at radius 2 is 2.00 bits per heavy atom. The van der Waals surface area contributed by atoms with E-state index in [2.05, 4.69) is 4.72 Å². The van der Waals surface area contributed by atoms with E-state index in [4.69, 9.17) is 28.3 Å². The van der Waals surface area contributed by atoms with Crippen LogP contribution in [-0.2, 0) is 10.0 Å². The van der Waals surface area contributed by atoms with Crippen molar-refractivity contribution in [1.82, 2.24) is 4.72 Å². The van der Waals surface area contributed by atoms with Crippen molar-refractivity contribution in [2.45, 2.75) is 18.2 Å². The van der Waals surface area contributed by atoms with Crippen LogP contribution in [0.3, 0.4) is 0 Å². The van der Waals surface area contributed by atoms with Crippen molar-refractivity contribution in [2.24, 2.45) is 0 Å². The molecule has 0 bridgehead atoms. The van der Waals surface area contributed by atoms with Gasteiger partial charge in [0.15, 0.2) is 0 Å². The maximum Gasteiger partial charge on any atom is 0.242 e. The highest BCUT2D eigenvalue weighted by Gasteiger charge is 2.19. The minimum Gasteiger partial charge on any atom is -0.396 e. The summed E-state index contributed by atoms with van der Waals surface area (Å²) in [6.45, 7) is 1.74. The van der Waals surface area contributed by atoms with Crippen molar-refractivity contribution < 1.29 is 13.5 Å². The molecular formula is C10H13Cl2NO3S. The van der Waals surface area contributed by atoms with Crippen LogP contribution in [0.1, 0.15) is 12.0 Å². The zero-order chi connectivity index (χ0) is 13.1. The Bertz CT molecular complexity index is 503. The summed E-state index contributed by atoms with van der Waals surface area (Å²) in [7, 11) is -3.65. The van der Waals surface area contributed by atoms with Crippen LogP contribution in [0.15, 0.2) is 17.0 Å². The molecule has 0 fully saturated rings. The van der Waals surface area contributed by atoms with Gasteiger partial charge in [-0.3, -0.25) is 0 Å². The molecule has 0 heterocycles. The van der Waals surface area contributed by atoms with Gasteiger partial charge >= 0.3 is 0 Å². The van der Waals surface area contributed by atoms with Gasteiger partial charge in [0.1, 0.15) is 4.90 Å². The molecule has 96 valence electrons. The molecule has 0 unspecified atom stereocenters. The summed E-state index contributed by atoms with van der Waals surface area (Å²) in [5.41, 5.74) is 0.526. The van der Waals surface area contributed by atoms with Crippen molar-refractivity contribution in [3.8, 4) is 0 Å². The fraction of sp³-hybridized carbons (Fsp3) is 0.400. The number of rotatable bonds is 5. The number of nitrogens with one attached hydrogen (secondary N) is 1. The first-order chi connectivity index (χ1) is 7.90. The molecule has 0 radical (unpaired) electrons. The van der Waals surface area contributed by atoms with Crippen LogP contribution in [0.25, 0.3) is 0 Å². The van der Waals surface area contributed by atoms with E-state index in [-0.39, 0.29) is 23.1 Å². The standard InChI is InChI=1S/C10H13Cl2NO3S/c1-7-8(11)3-4-9(10(7)12)17(15,16)13-5-2-6-14/h3-4,13-14H,2,5-6H2,1H3. The molecule has 0 atom stereocenters. The van der Waals surface area contributed by atoms with Gasteiger partial charge in [-0.2, -0.15) is 0 Å². The van der Waals surface area contributed by atoms with E-state index in [1.165, 1.54) is 12.1 Å². The van der Waals surface area contributed by atoms with E-state index in [1.807, 2.05) is 0 Å². The number of benzene rings is 1. The minimum absolute atomic E-state index is 0.000920. The van der Waals surface area contributed by atoms with Crippen LogP contribution in [0, 0.1) is 6.92 Å². The quantitative estimate of drug-likeness (QED) is 0.817. The lowest BCUT2D eigenvalue weighted by Crippen LogP contribution is -2.25. The van der Waals surface area contributed by atoms with Crippen molar-refractivity contribution in [3.05, 3.63) is 27.7 Å². The molecule has 0 amide bonds. The van der Waals surface area contributed by atoms with Gasteiger partial charge in [0.05, 0.1) is 5.02 Å². The van der Waals surface area contributed by atoms with E-state index in [1.54, 1.807) is 6.92 Å². The Kier molecular flexibility index (Phi) is 5.22. The monoisotopic (exact) mass is 297 g/mol. The van der Waals surface area contributed by atoms with Gasteiger partial charge in [0, 0.05) is 18.2 Å². The predicted octanol–water partition coefficient (Wildman–Crippen LogP) is 1.96. The normalized spacial score (nSPS) is 11.8. The number of halogens is 2. The Labute approximate surface area is 111 Å². The highest BCUT2D eigenvalue weighted by Crippen LogP contribution is 2.29. The summed E-state index contributed by atoms with van der Waals surface area (Å²) in [6.07, 6.45) is 0.351. The van der Waals surface area contributed by atoms with Gasteiger partial charge in [-0.25, -0.2) is 13.1 Å². The average Bonchev–Trinajstić information content (AvgIpc) is 2.26. The Morgan fingerprint density at radius 3 is 2.59 bits per heavy atom. The summed E-state index contributed by atoms with van der Waals surface area (Å²) in [5.74, 6) is 0. The second-order valence-electron chi connectivity index (χ2n) is 3.46. The molecule has 1 aromatic rings. The second-order valence-corrected chi connectivity index (χ2v) is 5.98. The third-order valence-electron chi connectivity index (χ3n) is 2.20. The van der Waals surface area contributed by atoms with Crippen LogP contribution in [0.5, 0.6) is 0 Å². The molecule has 0 saturated heterocycles. The van der Waals surface area contributed by atoms with Crippen LogP contribution < -0.4 is 4.72 Å². The summed E-state index contributed by atoms with van der Waals surface area (Å²) in [6, 6.07) is 2.85. The first kappa shape index (κ1) is 14.7. The smallest absolute Gasteiger partial charge is 0.242 e. The number of hydrogen-bond acceptors (Lipinski definition) is 3. The first-order valence-corrected chi connectivity index (χ1v) is 7.19. The molecule has 17 heavy (non-hydrogen) atoms. The second kappa shape index (κ2) is 6.02. The fourth-order valence-corrected chi connectivity index (χ4v) is 3.09. The number of sulfonamides is 1. The van der Waals surface area contributed by atoms with Gasteiger partial charge in [-0.1, -0.05) is 23.2 Å². The van der Waals surface area contributed by atoms with E-state index in [0.717, 1.165) is 0 Å². The van der Waals surface area contributed by atoms with Gasteiger partial charge in [0.2, 0.25) is 10.0 Å². The van der Waals surface area contributed by atoms with Crippen LogP contribution >= 0.6 is 23.2 Å². The van der Waals surface area contributed by atoms with Crippen LogP contribution in [-0.4, -0.2) is 26.7 Å². The zero-order valence-corrected chi connectivity index (χ0v) is 11.5. The molecule has 7 heteroatoms. The van der Waals surface area contributed by atoms with Crippen molar-refractivity contribution in [2.75, 3.05) is 13.2 Å². The Balaban J connectivity index is 3.04. The molecule has 4 nitrogen and oxygen atoms in total. The number of aliphatic hydroxyl groups is 1. The van der Waals surface area contributed by atoms with Crippen LogP contribution in [0.2, 0.25) is 10.0 Å². The first-order valence-electron chi connectivity index (χ1n) is 4.95. The Morgan fingerprint density at radius 1 is 1.35 bits per heavy atom. The Hall–Kier alpha value is -0.330. The van der Waals surface area contributed by atoms with E-state index in [0.29, 0.717) is 17.0 Å². The summed E-state index contributed by atoms with van der Waals surface area (Å²) in [5, 5.41) is 9.13. The van der Waals surface area contributed by atoms with E-state index < -0.39 is 10.0 Å². The molecule has 0 spiro atoms. The van der Waals surface area contributed by atoms with Gasteiger partial charge in [0.25, 0.3) is 0 Å². The molecule has 2 N–H and O–H groups in total. The van der Waals surface area contributed by atoms with Crippen molar-refractivity contribution in [3.63, 3.8) is 0 Å². The molecule has 0 aliphatic carbocycles. The molecule has 1 rings (SSSR count). The van der Waals surface area contributed by atoms with E-state index >= 15 is 0 Å². The summed E-state index contributed by atoms with van der Waals surface area (Å²) in [4.78, 5) is -0.000920. The lowest BCUT2D eigenvalue weighted by atomic mass is 10.2. The third-order valence-corrected chi connectivity index (χ3v) is 4.71. The zero-order valence-electron chi connectivity index (χ0n) is 9.20. The van der Waals surface area contributed by atoms with Crippen LogP contribution in [0.4, 0.5) is 0 Å². The molecular weight excluding hydrogens is 285 g/mol. The van der Waals surface area contributed by atoms with E-state index in [9.17, 15) is 8.42 Å². The molecule has 0 aliphatic heterocycles. The molecule has 1 aromatic carbocycles.